The number of ether oxygens (including phenoxy) is 2. The van der Waals surface area contributed by atoms with Crippen LogP contribution in [-0.2, 0) is 11.3 Å². The van der Waals surface area contributed by atoms with E-state index in [1.807, 2.05) is 13.2 Å². The average Bonchev–Trinajstić information content (AvgIpc) is 3.08. The number of methoxy groups -OCH3 is 1. The maximum Gasteiger partial charge on any atom is 0.161 e. The number of aryl methyl sites for hydroxylation is 1. The average molecular weight is 281 g/mol. The molecule has 5 heteroatoms. The Kier molecular flexibility index (Phi) is 5.43. The topological polar surface area (TPSA) is 48.3 Å². The highest BCUT2D eigenvalue weighted by Gasteiger charge is 2.36. The number of nitrogens with zero attached hydrogens (tertiary/aromatic N) is 2. The van der Waals surface area contributed by atoms with Crippen LogP contribution in [0.15, 0.2) is 6.20 Å². The molecule has 1 saturated heterocycles. The molecular formula is C15H27N3O2. The van der Waals surface area contributed by atoms with Crippen LogP contribution < -0.4 is 10.1 Å². The number of aromatic nitrogens is 2. The van der Waals surface area contributed by atoms with Gasteiger partial charge in [-0.1, -0.05) is 13.8 Å². The Morgan fingerprint density at radius 1 is 1.55 bits per heavy atom. The summed E-state index contributed by atoms with van der Waals surface area (Å²) in [6, 6.07) is 0.228. The quantitative estimate of drug-likeness (QED) is 0.833. The third kappa shape index (κ3) is 2.83. The van der Waals surface area contributed by atoms with Crippen LogP contribution in [0.3, 0.4) is 0 Å². The summed E-state index contributed by atoms with van der Waals surface area (Å²) in [5.74, 6) is 1.35. The molecule has 0 saturated carbocycles. The molecule has 0 spiro atoms. The van der Waals surface area contributed by atoms with Crippen LogP contribution in [0.1, 0.15) is 44.8 Å². The van der Waals surface area contributed by atoms with Gasteiger partial charge in [-0.25, -0.2) is 0 Å². The Morgan fingerprint density at radius 2 is 2.35 bits per heavy atom. The number of rotatable bonds is 7. The second kappa shape index (κ2) is 7.09. The largest absolute Gasteiger partial charge is 0.493 e. The van der Waals surface area contributed by atoms with E-state index in [1.165, 1.54) is 0 Å². The van der Waals surface area contributed by atoms with Crippen molar-refractivity contribution in [2.24, 2.45) is 5.92 Å². The number of nitrogens with one attached hydrogen (secondary N) is 1. The van der Waals surface area contributed by atoms with Gasteiger partial charge in [-0.05, 0) is 26.3 Å². The zero-order valence-corrected chi connectivity index (χ0v) is 13.1. The highest BCUT2D eigenvalue weighted by atomic mass is 16.5. The highest BCUT2D eigenvalue weighted by molar-refractivity contribution is 5.29. The maximum atomic E-state index is 5.86. The molecule has 0 aliphatic carbocycles. The van der Waals surface area contributed by atoms with Crippen molar-refractivity contribution in [1.82, 2.24) is 15.1 Å². The third-order valence-electron chi connectivity index (χ3n) is 4.20. The third-order valence-corrected chi connectivity index (χ3v) is 4.20. The monoisotopic (exact) mass is 281 g/mol. The first-order valence-electron chi connectivity index (χ1n) is 7.65. The van der Waals surface area contributed by atoms with Gasteiger partial charge in [-0.3, -0.25) is 4.68 Å². The lowest BCUT2D eigenvalue weighted by atomic mass is 9.89. The van der Waals surface area contributed by atoms with Crippen molar-refractivity contribution in [3.63, 3.8) is 0 Å². The molecule has 1 aromatic rings. The van der Waals surface area contributed by atoms with Crippen molar-refractivity contribution in [2.75, 3.05) is 20.8 Å². The molecule has 1 N–H and O–H groups in total. The first kappa shape index (κ1) is 15.3. The Balaban J connectivity index is 2.32. The predicted octanol–water partition coefficient (Wildman–Crippen LogP) is 2.38. The molecule has 3 atom stereocenters. The zero-order valence-electron chi connectivity index (χ0n) is 13.1. The van der Waals surface area contributed by atoms with Crippen LogP contribution >= 0.6 is 0 Å². The van der Waals surface area contributed by atoms with E-state index in [-0.39, 0.29) is 6.04 Å². The van der Waals surface area contributed by atoms with Gasteiger partial charge < -0.3 is 14.8 Å². The molecular weight excluding hydrogens is 254 g/mol. The van der Waals surface area contributed by atoms with Gasteiger partial charge in [0.05, 0.1) is 31.1 Å². The summed E-state index contributed by atoms with van der Waals surface area (Å²) in [5, 5.41) is 7.94. The van der Waals surface area contributed by atoms with E-state index in [0.29, 0.717) is 12.0 Å². The molecule has 1 fully saturated rings. The Hall–Kier alpha value is -1.07. The van der Waals surface area contributed by atoms with E-state index in [4.69, 9.17) is 9.47 Å². The van der Waals surface area contributed by atoms with Gasteiger partial charge in [-0.2, -0.15) is 5.10 Å². The van der Waals surface area contributed by atoms with Gasteiger partial charge in [-0.15, -0.1) is 0 Å². The van der Waals surface area contributed by atoms with Crippen molar-refractivity contribution in [2.45, 2.75) is 51.8 Å². The van der Waals surface area contributed by atoms with E-state index in [0.717, 1.165) is 43.9 Å². The summed E-state index contributed by atoms with van der Waals surface area (Å²) in [7, 11) is 3.73. The maximum absolute atomic E-state index is 5.86. The Bertz CT molecular complexity index is 419. The molecule has 0 amide bonds. The molecule has 114 valence electrons. The predicted molar refractivity (Wildman–Crippen MR) is 79.0 cm³/mol. The fourth-order valence-electron chi connectivity index (χ4n) is 3.26. The van der Waals surface area contributed by atoms with Gasteiger partial charge in [0.1, 0.15) is 0 Å². The minimum atomic E-state index is 0.228. The number of hydrogen-bond acceptors (Lipinski definition) is 4. The van der Waals surface area contributed by atoms with Gasteiger partial charge in [0.25, 0.3) is 0 Å². The van der Waals surface area contributed by atoms with Crippen molar-refractivity contribution in [1.29, 1.82) is 0 Å². The zero-order chi connectivity index (χ0) is 14.5. The first-order chi connectivity index (χ1) is 9.76. The van der Waals surface area contributed by atoms with E-state index in [1.54, 1.807) is 7.11 Å². The van der Waals surface area contributed by atoms with Crippen molar-refractivity contribution in [3.8, 4) is 5.75 Å². The van der Waals surface area contributed by atoms with Crippen LogP contribution in [0.5, 0.6) is 5.75 Å². The van der Waals surface area contributed by atoms with Crippen molar-refractivity contribution >= 4 is 0 Å². The van der Waals surface area contributed by atoms with Crippen LogP contribution in [0.25, 0.3) is 0 Å². The normalized spacial score (nSPS) is 24.0. The molecule has 2 heterocycles. The summed E-state index contributed by atoms with van der Waals surface area (Å²) in [5.41, 5.74) is 1.16. The summed E-state index contributed by atoms with van der Waals surface area (Å²) < 4.78 is 13.5. The lowest BCUT2D eigenvalue weighted by molar-refractivity contribution is 0.0769. The molecule has 0 aromatic carbocycles. The van der Waals surface area contributed by atoms with Gasteiger partial charge in [0.2, 0.25) is 0 Å². The van der Waals surface area contributed by atoms with E-state index in [2.05, 4.69) is 28.9 Å². The van der Waals surface area contributed by atoms with Crippen molar-refractivity contribution in [3.05, 3.63) is 11.9 Å². The van der Waals surface area contributed by atoms with E-state index >= 15 is 0 Å². The summed E-state index contributed by atoms with van der Waals surface area (Å²) in [6.07, 6.45) is 5.35. The minimum absolute atomic E-state index is 0.228. The van der Waals surface area contributed by atoms with Gasteiger partial charge in [0, 0.05) is 19.1 Å². The van der Waals surface area contributed by atoms with Crippen molar-refractivity contribution < 1.29 is 9.47 Å². The van der Waals surface area contributed by atoms with Crippen LogP contribution in [0.4, 0.5) is 0 Å². The molecule has 1 aromatic heterocycles. The smallest absolute Gasteiger partial charge is 0.161 e. The van der Waals surface area contributed by atoms with Gasteiger partial charge >= 0.3 is 0 Å². The van der Waals surface area contributed by atoms with Crippen LogP contribution in [0, 0.1) is 5.92 Å². The molecule has 1 aliphatic rings. The molecule has 5 nitrogen and oxygen atoms in total. The molecule has 2 rings (SSSR count). The molecule has 0 radical (unpaired) electrons. The molecule has 0 bridgehead atoms. The van der Waals surface area contributed by atoms with Gasteiger partial charge in [0.15, 0.2) is 5.75 Å². The lowest BCUT2D eigenvalue weighted by Gasteiger charge is -2.28. The van der Waals surface area contributed by atoms with Crippen LogP contribution in [-0.4, -0.2) is 36.6 Å². The summed E-state index contributed by atoms with van der Waals surface area (Å²) in [4.78, 5) is 0. The second-order valence-electron chi connectivity index (χ2n) is 5.36. The fourth-order valence-corrected chi connectivity index (χ4v) is 3.26. The lowest BCUT2D eigenvalue weighted by Crippen LogP contribution is -2.32. The summed E-state index contributed by atoms with van der Waals surface area (Å²) >= 11 is 0. The Labute approximate surface area is 121 Å². The second-order valence-corrected chi connectivity index (χ2v) is 5.36. The first-order valence-corrected chi connectivity index (χ1v) is 7.65. The molecule has 3 unspecified atom stereocenters. The van der Waals surface area contributed by atoms with E-state index in [9.17, 15) is 0 Å². The fraction of sp³-hybridized carbons (Fsp3) is 0.800. The number of hydrogen-bond donors (Lipinski definition) is 1. The molecule has 20 heavy (non-hydrogen) atoms. The summed E-state index contributed by atoms with van der Waals surface area (Å²) in [6.45, 7) is 6.13. The highest BCUT2D eigenvalue weighted by Crippen LogP contribution is 2.38. The van der Waals surface area contributed by atoms with E-state index < -0.39 is 0 Å². The standard InChI is InChI=1S/C15H27N3O2/c1-5-8-18-15(13(19-4)10-17-18)14(16-3)11-7-9-20-12(11)6-2/h10-12,14,16H,5-9H2,1-4H3. The molecule has 1 aliphatic heterocycles. The minimum Gasteiger partial charge on any atom is -0.493 e. The Morgan fingerprint density at radius 3 is 2.95 bits per heavy atom. The SMILES string of the molecule is CCCn1ncc(OC)c1C(NC)C1CCOC1CC. The van der Waals surface area contributed by atoms with Crippen LogP contribution in [0.2, 0.25) is 0 Å².